The summed E-state index contributed by atoms with van der Waals surface area (Å²) in [4.78, 5) is 12.5. The Kier molecular flexibility index (Phi) is 3.07. The van der Waals surface area contributed by atoms with Gasteiger partial charge in [0.1, 0.15) is 11.1 Å². The fourth-order valence-electron chi connectivity index (χ4n) is 1.94. The summed E-state index contributed by atoms with van der Waals surface area (Å²) in [5.74, 6) is -0.255. The second kappa shape index (κ2) is 4.50. The van der Waals surface area contributed by atoms with Crippen molar-refractivity contribution in [2.45, 2.75) is 25.7 Å². The molecule has 0 saturated heterocycles. The second-order valence-electron chi connectivity index (χ2n) is 3.72. The third-order valence-corrected chi connectivity index (χ3v) is 3.91. The first-order valence-electron chi connectivity index (χ1n) is 5.24. The molecule has 1 N–H and O–H groups in total. The number of nitrogens with one attached hydrogen (secondary N) is 1. The molecule has 1 aromatic rings. The highest BCUT2D eigenvalue weighted by Crippen LogP contribution is 2.37. The van der Waals surface area contributed by atoms with Gasteiger partial charge in [0, 0.05) is 4.88 Å². The molecule has 0 aliphatic heterocycles. The van der Waals surface area contributed by atoms with Crippen molar-refractivity contribution in [2.24, 2.45) is 0 Å². The summed E-state index contributed by atoms with van der Waals surface area (Å²) in [6.07, 6.45) is 5.51. The van der Waals surface area contributed by atoms with Crippen molar-refractivity contribution >= 4 is 22.2 Å². The van der Waals surface area contributed by atoms with E-state index in [4.69, 9.17) is 5.26 Å². The van der Waals surface area contributed by atoms with Gasteiger partial charge in [0.05, 0.1) is 5.56 Å². The van der Waals surface area contributed by atoms with E-state index in [0.29, 0.717) is 10.6 Å². The summed E-state index contributed by atoms with van der Waals surface area (Å²) < 4.78 is 0. The minimum absolute atomic E-state index is 0.255. The van der Waals surface area contributed by atoms with E-state index < -0.39 is 0 Å². The lowest BCUT2D eigenvalue weighted by atomic mass is 9.96. The van der Waals surface area contributed by atoms with Crippen LogP contribution in [0.1, 0.15) is 28.8 Å². The van der Waals surface area contributed by atoms with Crippen LogP contribution < -0.4 is 5.32 Å². The van der Waals surface area contributed by atoms with Gasteiger partial charge in [-0.3, -0.25) is 4.79 Å². The van der Waals surface area contributed by atoms with Gasteiger partial charge < -0.3 is 5.32 Å². The molecule has 0 aromatic carbocycles. The summed E-state index contributed by atoms with van der Waals surface area (Å²) in [7, 11) is 0. The molecule has 0 spiro atoms. The van der Waals surface area contributed by atoms with Crippen LogP contribution in [0, 0.1) is 11.3 Å². The average molecular weight is 232 g/mol. The molecular formula is C12H12N2OS. The number of hydrogen-bond acceptors (Lipinski definition) is 3. The molecule has 0 fully saturated rings. The number of carbonyl (C=O) groups is 1. The number of nitriles is 1. The monoisotopic (exact) mass is 232 g/mol. The summed E-state index contributed by atoms with van der Waals surface area (Å²) in [6.45, 7) is 3.40. The Morgan fingerprint density at radius 1 is 1.50 bits per heavy atom. The maximum atomic E-state index is 11.2. The van der Waals surface area contributed by atoms with Crippen molar-refractivity contribution in [3.05, 3.63) is 28.7 Å². The van der Waals surface area contributed by atoms with Gasteiger partial charge in [-0.1, -0.05) is 6.58 Å². The lowest BCUT2D eigenvalue weighted by Gasteiger charge is -2.09. The molecular weight excluding hydrogens is 220 g/mol. The summed E-state index contributed by atoms with van der Waals surface area (Å²) in [6, 6.07) is 2.19. The summed E-state index contributed by atoms with van der Waals surface area (Å²) >= 11 is 1.53. The van der Waals surface area contributed by atoms with E-state index >= 15 is 0 Å². The summed E-state index contributed by atoms with van der Waals surface area (Å²) in [5.41, 5.74) is 1.79. The minimum atomic E-state index is -0.255. The Bertz CT molecular complexity index is 482. The number of rotatable bonds is 2. The highest BCUT2D eigenvalue weighted by Gasteiger charge is 2.21. The predicted octanol–water partition coefficient (Wildman–Crippen LogP) is 2.62. The zero-order valence-corrected chi connectivity index (χ0v) is 9.69. The SMILES string of the molecule is C=CC(=O)Nc1sc2c(c1C#N)CCCC2. The van der Waals surface area contributed by atoms with Crippen LogP contribution in [0.3, 0.4) is 0 Å². The van der Waals surface area contributed by atoms with Crippen molar-refractivity contribution in [1.82, 2.24) is 0 Å². The van der Waals surface area contributed by atoms with E-state index in [1.807, 2.05) is 0 Å². The van der Waals surface area contributed by atoms with Crippen molar-refractivity contribution in [1.29, 1.82) is 5.26 Å². The van der Waals surface area contributed by atoms with Crippen LogP contribution in [0.5, 0.6) is 0 Å². The number of fused-ring (bicyclic) bond motifs is 1. The van der Waals surface area contributed by atoms with Gasteiger partial charge in [-0.15, -0.1) is 11.3 Å². The van der Waals surface area contributed by atoms with Gasteiger partial charge >= 0.3 is 0 Å². The molecule has 0 unspecified atom stereocenters. The first-order chi connectivity index (χ1) is 7.76. The Morgan fingerprint density at radius 2 is 2.25 bits per heavy atom. The third-order valence-electron chi connectivity index (χ3n) is 2.71. The highest BCUT2D eigenvalue weighted by molar-refractivity contribution is 7.16. The predicted molar refractivity (Wildman–Crippen MR) is 64.5 cm³/mol. The maximum Gasteiger partial charge on any atom is 0.248 e. The van der Waals surface area contributed by atoms with Crippen LogP contribution in [0.2, 0.25) is 0 Å². The van der Waals surface area contributed by atoms with E-state index in [9.17, 15) is 4.79 Å². The fraction of sp³-hybridized carbons (Fsp3) is 0.333. The van der Waals surface area contributed by atoms with Crippen LogP contribution in [0.15, 0.2) is 12.7 Å². The standard InChI is InChI=1S/C12H12N2OS/c1-2-11(15)14-12-9(7-13)8-5-3-4-6-10(8)16-12/h2H,1,3-6H2,(H,14,15). The number of carbonyl (C=O) groups excluding carboxylic acids is 1. The number of hydrogen-bond donors (Lipinski definition) is 1. The van der Waals surface area contributed by atoms with Crippen LogP contribution in [-0.2, 0) is 17.6 Å². The van der Waals surface area contributed by atoms with Crippen LogP contribution in [0.4, 0.5) is 5.00 Å². The lowest BCUT2D eigenvalue weighted by molar-refractivity contribution is -0.111. The van der Waals surface area contributed by atoms with Gasteiger partial charge in [0.25, 0.3) is 0 Å². The summed E-state index contributed by atoms with van der Waals surface area (Å²) in [5, 5.41) is 12.5. The molecule has 1 aliphatic rings. The smallest absolute Gasteiger partial charge is 0.248 e. The first kappa shape index (κ1) is 10.9. The first-order valence-corrected chi connectivity index (χ1v) is 6.06. The van der Waals surface area contributed by atoms with Crippen LogP contribution in [0.25, 0.3) is 0 Å². The minimum Gasteiger partial charge on any atom is -0.313 e. The van der Waals surface area contributed by atoms with Crippen molar-refractivity contribution in [3.63, 3.8) is 0 Å². The highest BCUT2D eigenvalue weighted by atomic mass is 32.1. The number of thiophene rings is 1. The van der Waals surface area contributed by atoms with E-state index in [2.05, 4.69) is 18.0 Å². The topological polar surface area (TPSA) is 52.9 Å². The van der Waals surface area contributed by atoms with E-state index in [1.54, 1.807) is 0 Å². The van der Waals surface area contributed by atoms with Gasteiger partial charge in [-0.2, -0.15) is 5.26 Å². The number of amides is 1. The second-order valence-corrected chi connectivity index (χ2v) is 4.83. The largest absolute Gasteiger partial charge is 0.313 e. The van der Waals surface area contributed by atoms with Gasteiger partial charge in [-0.25, -0.2) is 0 Å². The molecule has 3 nitrogen and oxygen atoms in total. The van der Waals surface area contributed by atoms with E-state index in [-0.39, 0.29) is 5.91 Å². The zero-order chi connectivity index (χ0) is 11.5. The van der Waals surface area contributed by atoms with E-state index in [1.165, 1.54) is 28.7 Å². The zero-order valence-electron chi connectivity index (χ0n) is 8.88. The fourth-order valence-corrected chi connectivity index (χ4v) is 3.18. The third kappa shape index (κ3) is 1.86. The molecule has 0 bridgehead atoms. The molecule has 2 rings (SSSR count). The van der Waals surface area contributed by atoms with Crippen molar-refractivity contribution < 1.29 is 4.79 Å². The van der Waals surface area contributed by atoms with Crippen LogP contribution in [-0.4, -0.2) is 5.91 Å². The molecule has 1 heterocycles. The van der Waals surface area contributed by atoms with Gasteiger partial charge in [0.2, 0.25) is 5.91 Å². The molecule has 0 saturated carbocycles. The molecule has 1 aliphatic carbocycles. The van der Waals surface area contributed by atoms with Crippen molar-refractivity contribution in [2.75, 3.05) is 5.32 Å². The number of nitrogens with zero attached hydrogens (tertiary/aromatic N) is 1. The molecule has 1 amide bonds. The van der Waals surface area contributed by atoms with Gasteiger partial charge in [0.15, 0.2) is 0 Å². The Balaban J connectivity index is 2.38. The molecule has 1 aromatic heterocycles. The van der Waals surface area contributed by atoms with Crippen LogP contribution >= 0.6 is 11.3 Å². The Morgan fingerprint density at radius 3 is 2.94 bits per heavy atom. The quantitative estimate of drug-likeness (QED) is 0.797. The molecule has 16 heavy (non-hydrogen) atoms. The Hall–Kier alpha value is -1.60. The maximum absolute atomic E-state index is 11.2. The molecule has 82 valence electrons. The molecule has 4 heteroatoms. The molecule has 0 radical (unpaired) electrons. The number of anilines is 1. The van der Waals surface area contributed by atoms with Crippen molar-refractivity contribution in [3.8, 4) is 6.07 Å². The number of aryl methyl sites for hydroxylation is 1. The molecule has 0 atom stereocenters. The van der Waals surface area contributed by atoms with E-state index in [0.717, 1.165) is 24.8 Å². The lowest BCUT2D eigenvalue weighted by Crippen LogP contribution is -2.07. The normalized spacial score (nSPS) is 13.7. The Labute approximate surface area is 98.4 Å². The average Bonchev–Trinajstić information content (AvgIpc) is 2.65. The van der Waals surface area contributed by atoms with Gasteiger partial charge in [-0.05, 0) is 37.3 Å².